The summed E-state index contributed by atoms with van der Waals surface area (Å²) in [7, 11) is 0. The van der Waals surface area contributed by atoms with Gasteiger partial charge in [0.25, 0.3) is 0 Å². The van der Waals surface area contributed by atoms with Gasteiger partial charge >= 0.3 is 0 Å². The first kappa shape index (κ1) is 39.0. The quantitative estimate of drug-likeness (QED) is 0.149. The third-order valence-electron chi connectivity index (χ3n) is 14.2. The molecule has 0 aliphatic heterocycles. The van der Waals surface area contributed by atoms with E-state index in [2.05, 4.69) is 258 Å². The Morgan fingerprint density at radius 1 is 0.275 bits per heavy atom. The van der Waals surface area contributed by atoms with Crippen LogP contribution in [0.1, 0.15) is 0 Å². The van der Waals surface area contributed by atoms with Crippen molar-refractivity contribution in [2.45, 2.75) is 0 Å². The van der Waals surface area contributed by atoms with Crippen molar-refractivity contribution < 1.29 is 4.42 Å². The summed E-state index contributed by atoms with van der Waals surface area (Å²) in [6, 6.07) is 92.5. The number of benzene rings is 12. The van der Waals surface area contributed by atoms with Crippen LogP contribution < -0.4 is 4.90 Å². The van der Waals surface area contributed by atoms with Gasteiger partial charge in [0, 0.05) is 44.3 Å². The summed E-state index contributed by atoms with van der Waals surface area (Å²) >= 11 is 0. The van der Waals surface area contributed by atoms with Crippen molar-refractivity contribution >= 4 is 93.1 Å². The van der Waals surface area contributed by atoms with Gasteiger partial charge in [-0.3, -0.25) is 0 Å². The van der Waals surface area contributed by atoms with Crippen LogP contribution in [0.4, 0.5) is 17.1 Å². The molecule has 2 aromatic heterocycles. The predicted octanol–water partition coefficient (Wildman–Crippen LogP) is 18.6. The van der Waals surface area contributed by atoms with Gasteiger partial charge in [0.2, 0.25) is 0 Å². The highest BCUT2D eigenvalue weighted by Gasteiger charge is 2.19. The van der Waals surface area contributed by atoms with Gasteiger partial charge in [-0.1, -0.05) is 182 Å². The molecule has 3 heteroatoms. The number of anilines is 3. The Balaban J connectivity index is 0.860. The average molecular weight is 879 g/mol. The molecule has 0 saturated carbocycles. The van der Waals surface area contributed by atoms with Gasteiger partial charge in [-0.2, -0.15) is 0 Å². The Labute approximate surface area is 399 Å². The lowest BCUT2D eigenvalue weighted by molar-refractivity contribution is 0.669. The van der Waals surface area contributed by atoms with Gasteiger partial charge in [-0.05, 0) is 138 Å². The number of hydrogen-bond donors (Lipinski definition) is 0. The smallest absolute Gasteiger partial charge is 0.136 e. The molecule has 0 unspecified atom stereocenters. The number of para-hydroxylation sites is 3. The highest BCUT2D eigenvalue weighted by atomic mass is 16.3. The zero-order valence-corrected chi connectivity index (χ0v) is 37.6. The maximum Gasteiger partial charge on any atom is 0.136 e. The van der Waals surface area contributed by atoms with E-state index in [1.807, 2.05) is 6.07 Å². The van der Waals surface area contributed by atoms with Crippen molar-refractivity contribution in [1.82, 2.24) is 4.57 Å². The third-order valence-corrected chi connectivity index (χ3v) is 14.2. The zero-order valence-electron chi connectivity index (χ0n) is 37.6. The Bertz CT molecular complexity index is 4220. The second kappa shape index (κ2) is 15.7. The third kappa shape index (κ3) is 6.36. The molecule has 0 N–H and O–H groups in total. The van der Waals surface area contributed by atoms with Gasteiger partial charge in [0.15, 0.2) is 0 Å². The van der Waals surface area contributed by atoms with Gasteiger partial charge in [-0.25, -0.2) is 0 Å². The molecule has 0 fully saturated rings. The summed E-state index contributed by atoms with van der Waals surface area (Å²) in [5.41, 5.74) is 15.6. The van der Waals surface area contributed by atoms with Crippen molar-refractivity contribution in [1.29, 1.82) is 0 Å². The minimum atomic E-state index is 0.890. The first-order valence-electron chi connectivity index (χ1n) is 23.7. The number of fused-ring (bicyclic) bond motifs is 12. The van der Waals surface area contributed by atoms with E-state index in [9.17, 15) is 0 Å². The fraction of sp³-hybridized carbons (Fsp3) is 0. The van der Waals surface area contributed by atoms with Crippen LogP contribution in [0.2, 0.25) is 0 Å². The van der Waals surface area contributed by atoms with Gasteiger partial charge < -0.3 is 13.9 Å². The van der Waals surface area contributed by atoms with E-state index in [0.717, 1.165) is 61.4 Å². The van der Waals surface area contributed by atoms with E-state index >= 15 is 0 Å². The Kier molecular flexibility index (Phi) is 8.90. The van der Waals surface area contributed by atoms with E-state index in [1.165, 1.54) is 70.8 Å². The maximum atomic E-state index is 6.35. The monoisotopic (exact) mass is 878 g/mol. The zero-order chi connectivity index (χ0) is 45.4. The SMILES string of the molecule is c1cc(-c2cccc3oc4ccccc4c23)cc(N(c2ccc(-c3ccc(-c4cccc(-n5c6ccccc6c6ccccc65)c4)cc3)cc2)c2ccc3c4ccccc4c4ccccc4c3c2)c1. The number of rotatable bonds is 7. The molecule has 0 amide bonds. The van der Waals surface area contributed by atoms with Gasteiger partial charge in [0.1, 0.15) is 11.2 Å². The summed E-state index contributed by atoms with van der Waals surface area (Å²) in [6.45, 7) is 0. The van der Waals surface area contributed by atoms with Crippen molar-refractivity contribution in [3.63, 3.8) is 0 Å². The lowest BCUT2D eigenvalue weighted by atomic mass is 9.94. The van der Waals surface area contributed by atoms with Crippen LogP contribution >= 0.6 is 0 Å². The summed E-state index contributed by atoms with van der Waals surface area (Å²) < 4.78 is 8.73. The van der Waals surface area contributed by atoms with Crippen LogP contribution in [0.5, 0.6) is 0 Å². The van der Waals surface area contributed by atoms with E-state index in [0.29, 0.717) is 0 Å². The second-order valence-corrected chi connectivity index (χ2v) is 18.0. The van der Waals surface area contributed by atoms with Crippen LogP contribution in [0.3, 0.4) is 0 Å². The lowest BCUT2D eigenvalue weighted by Gasteiger charge is -2.27. The van der Waals surface area contributed by atoms with Crippen LogP contribution in [-0.2, 0) is 0 Å². The van der Waals surface area contributed by atoms with Crippen LogP contribution in [0.25, 0.3) is 115 Å². The molecule has 14 aromatic rings. The maximum absolute atomic E-state index is 6.35. The Hall–Kier alpha value is -9.18. The van der Waals surface area contributed by atoms with Crippen molar-refractivity contribution in [2.75, 3.05) is 4.90 Å². The van der Waals surface area contributed by atoms with E-state index < -0.39 is 0 Å². The molecule has 3 nitrogen and oxygen atoms in total. The van der Waals surface area contributed by atoms with Gasteiger partial charge in [0.05, 0.1) is 11.0 Å². The summed E-state index contributed by atoms with van der Waals surface area (Å²) in [6.07, 6.45) is 0. The fourth-order valence-electron chi connectivity index (χ4n) is 11.0. The molecule has 12 aromatic carbocycles. The normalized spacial score (nSPS) is 11.8. The summed E-state index contributed by atoms with van der Waals surface area (Å²) in [5, 5.41) is 12.3. The number of aromatic nitrogens is 1. The Morgan fingerprint density at radius 3 is 1.43 bits per heavy atom. The molecule has 14 rings (SSSR count). The molecule has 0 spiro atoms. The van der Waals surface area contributed by atoms with Gasteiger partial charge in [-0.15, -0.1) is 0 Å². The molecule has 0 aliphatic rings. The predicted molar refractivity (Wildman–Crippen MR) is 292 cm³/mol. The lowest BCUT2D eigenvalue weighted by Crippen LogP contribution is -2.10. The molecule has 0 radical (unpaired) electrons. The van der Waals surface area contributed by atoms with Crippen molar-refractivity contribution in [3.8, 4) is 39.1 Å². The minimum Gasteiger partial charge on any atom is -0.456 e. The first-order valence-corrected chi connectivity index (χ1v) is 23.7. The largest absolute Gasteiger partial charge is 0.456 e. The van der Waals surface area contributed by atoms with E-state index in [-0.39, 0.29) is 0 Å². The number of nitrogens with zero attached hydrogens (tertiary/aromatic N) is 2. The van der Waals surface area contributed by atoms with Crippen molar-refractivity contribution in [3.05, 3.63) is 255 Å². The van der Waals surface area contributed by atoms with E-state index in [4.69, 9.17) is 4.42 Å². The Morgan fingerprint density at radius 2 is 0.754 bits per heavy atom. The van der Waals surface area contributed by atoms with Crippen LogP contribution in [0, 0.1) is 0 Å². The summed E-state index contributed by atoms with van der Waals surface area (Å²) in [4.78, 5) is 2.40. The van der Waals surface area contributed by atoms with Crippen LogP contribution in [-0.4, -0.2) is 4.57 Å². The number of hydrogen-bond acceptors (Lipinski definition) is 2. The molecular formula is C66H42N2O. The molecular weight excluding hydrogens is 837 g/mol. The minimum absolute atomic E-state index is 0.890. The van der Waals surface area contributed by atoms with Crippen molar-refractivity contribution in [2.24, 2.45) is 0 Å². The van der Waals surface area contributed by atoms with Crippen LogP contribution in [0.15, 0.2) is 259 Å². The molecule has 0 bridgehead atoms. The molecule has 0 saturated heterocycles. The molecule has 2 heterocycles. The molecule has 322 valence electrons. The topological polar surface area (TPSA) is 21.3 Å². The standard InChI is InChI=1S/C66H42N2O/c1-2-20-55-53(18-1)54-19-3-4-21-56(54)61-42-51(38-39-57(55)61)67(49-16-12-15-47(41-49)52-25-13-29-65-66(52)60-24-7-10-28-64(60)69-65)48-36-34-44(35-37-48)43-30-32-45(33-31-43)46-14-11-17-50(40-46)68-62-26-8-5-22-58(62)59-23-6-9-27-63(59)68/h1-42H. The highest BCUT2D eigenvalue weighted by molar-refractivity contribution is 6.26. The molecule has 69 heavy (non-hydrogen) atoms. The van der Waals surface area contributed by atoms with E-state index in [1.54, 1.807) is 0 Å². The number of furan rings is 1. The average Bonchev–Trinajstić information content (AvgIpc) is 3.98. The fourth-order valence-corrected chi connectivity index (χ4v) is 11.0. The highest BCUT2D eigenvalue weighted by Crippen LogP contribution is 2.44. The first-order chi connectivity index (χ1) is 34.2. The summed E-state index contributed by atoms with van der Waals surface area (Å²) in [5.74, 6) is 0. The molecule has 0 aliphatic carbocycles. The second-order valence-electron chi connectivity index (χ2n) is 18.0. The molecule has 0 atom stereocenters.